The van der Waals surface area contributed by atoms with Crippen LogP contribution in [0.3, 0.4) is 0 Å². The summed E-state index contributed by atoms with van der Waals surface area (Å²) in [6, 6.07) is 8.93. The van der Waals surface area contributed by atoms with Gasteiger partial charge in [-0.2, -0.15) is 0 Å². The first-order valence-corrected chi connectivity index (χ1v) is 7.09. The van der Waals surface area contributed by atoms with Crippen LogP contribution in [0.15, 0.2) is 24.3 Å². The maximum absolute atomic E-state index is 5.68. The van der Waals surface area contributed by atoms with Gasteiger partial charge in [-0.05, 0) is 52.6 Å². The third-order valence-corrected chi connectivity index (χ3v) is 4.17. The molecule has 0 spiro atoms. The molecule has 2 nitrogen and oxygen atoms in total. The first-order chi connectivity index (χ1) is 7.79. The Hall–Kier alpha value is -0.130. The molecule has 1 aliphatic rings. The van der Waals surface area contributed by atoms with E-state index in [0.29, 0.717) is 6.04 Å². The summed E-state index contributed by atoms with van der Waals surface area (Å²) in [5.74, 6) is 6.54. The van der Waals surface area contributed by atoms with E-state index in [1.54, 1.807) is 0 Å². The van der Waals surface area contributed by atoms with Crippen molar-refractivity contribution in [2.75, 3.05) is 0 Å². The molecule has 0 bridgehead atoms. The predicted molar refractivity (Wildman–Crippen MR) is 75.8 cm³/mol. The van der Waals surface area contributed by atoms with E-state index in [9.17, 15) is 0 Å². The minimum atomic E-state index is 0.317. The van der Waals surface area contributed by atoms with Crippen LogP contribution in [0.2, 0.25) is 0 Å². The minimum absolute atomic E-state index is 0.317. The zero-order chi connectivity index (χ0) is 11.4. The van der Waals surface area contributed by atoms with E-state index < -0.39 is 0 Å². The largest absolute Gasteiger partial charge is 0.271 e. The van der Waals surface area contributed by atoms with E-state index in [-0.39, 0.29) is 0 Å². The van der Waals surface area contributed by atoms with Gasteiger partial charge in [-0.1, -0.05) is 37.8 Å². The highest BCUT2D eigenvalue weighted by molar-refractivity contribution is 14.1. The monoisotopic (exact) mass is 330 g/mol. The molecule has 0 radical (unpaired) electrons. The van der Waals surface area contributed by atoms with Gasteiger partial charge in [0.05, 0.1) is 0 Å². The van der Waals surface area contributed by atoms with E-state index in [4.69, 9.17) is 5.84 Å². The maximum Gasteiger partial charge on any atom is 0.0463 e. The molecule has 0 aromatic heterocycles. The lowest BCUT2D eigenvalue weighted by Crippen LogP contribution is -2.29. The normalized spacial score (nSPS) is 18.9. The number of nitrogens with one attached hydrogen (secondary N) is 1. The van der Waals surface area contributed by atoms with Gasteiger partial charge in [0, 0.05) is 9.61 Å². The van der Waals surface area contributed by atoms with Crippen LogP contribution >= 0.6 is 22.6 Å². The van der Waals surface area contributed by atoms with Crippen LogP contribution in [-0.4, -0.2) is 0 Å². The highest BCUT2D eigenvalue weighted by Gasteiger charge is 2.20. The average molecular weight is 330 g/mol. The van der Waals surface area contributed by atoms with Crippen molar-refractivity contribution in [2.45, 2.75) is 38.1 Å². The summed E-state index contributed by atoms with van der Waals surface area (Å²) in [6.45, 7) is 0. The summed E-state index contributed by atoms with van der Waals surface area (Å²) in [5, 5.41) is 0. The van der Waals surface area contributed by atoms with Crippen molar-refractivity contribution in [1.82, 2.24) is 5.43 Å². The lowest BCUT2D eigenvalue weighted by molar-refractivity contribution is 0.400. The smallest absolute Gasteiger partial charge is 0.0463 e. The summed E-state index contributed by atoms with van der Waals surface area (Å²) < 4.78 is 1.28. The van der Waals surface area contributed by atoms with Crippen LogP contribution in [0.4, 0.5) is 0 Å². The topological polar surface area (TPSA) is 38.0 Å². The molecule has 1 unspecified atom stereocenters. The summed E-state index contributed by atoms with van der Waals surface area (Å²) in [5.41, 5.74) is 4.29. The third-order valence-electron chi connectivity index (χ3n) is 3.50. The van der Waals surface area contributed by atoms with Gasteiger partial charge >= 0.3 is 0 Å². The van der Waals surface area contributed by atoms with Gasteiger partial charge in [-0.25, -0.2) is 0 Å². The van der Waals surface area contributed by atoms with Crippen LogP contribution in [-0.2, 0) is 0 Å². The van der Waals surface area contributed by atoms with Crippen molar-refractivity contribution >= 4 is 22.6 Å². The molecule has 0 heterocycles. The molecule has 1 aromatic rings. The fourth-order valence-electron chi connectivity index (χ4n) is 2.60. The Labute approximate surface area is 111 Å². The van der Waals surface area contributed by atoms with E-state index >= 15 is 0 Å². The highest BCUT2D eigenvalue weighted by atomic mass is 127. The Morgan fingerprint density at radius 1 is 1.38 bits per heavy atom. The molecule has 1 aliphatic carbocycles. The second-order valence-electron chi connectivity index (χ2n) is 4.66. The molecule has 1 aromatic carbocycles. The van der Waals surface area contributed by atoms with Gasteiger partial charge in [-0.3, -0.25) is 11.3 Å². The molecular weight excluding hydrogens is 311 g/mol. The first kappa shape index (κ1) is 12.3. The van der Waals surface area contributed by atoms with Crippen LogP contribution in [0.25, 0.3) is 0 Å². The minimum Gasteiger partial charge on any atom is -0.271 e. The van der Waals surface area contributed by atoms with Crippen LogP contribution in [0.1, 0.15) is 43.7 Å². The second-order valence-corrected chi connectivity index (χ2v) is 5.91. The lowest BCUT2D eigenvalue weighted by atomic mass is 9.94. The van der Waals surface area contributed by atoms with Crippen molar-refractivity contribution in [3.63, 3.8) is 0 Å². The number of hydrogen-bond acceptors (Lipinski definition) is 2. The fraction of sp³-hybridized carbons (Fsp3) is 0.538. The summed E-state index contributed by atoms with van der Waals surface area (Å²) in [7, 11) is 0. The zero-order valence-electron chi connectivity index (χ0n) is 9.45. The van der Waals surface area contributed by atoms with Gasteiger partial charge in [0.25, 0.3) is 0 Å². The number of halogens is 1. The molecule has 1 atom stereocenters. The molecule has 16 heavy (non-hydrogen) atoms. The second kappa shape index (κ2) is 5.98. The number of hydrogen-bond donors (Lipinski definition) is 2. The van der Waals surface area contributed by atoms with E-state index in [2.05, 4.69) is 52.3 Å². The molecule has 0 saturated heterocycles. The van der Waals surface area contributed by atoms with Crippen LogP contribution in [0, 0.1) is 9.49 Å². The summed E-state index contributed by atoms with van der Waals surface area (Å²) >= 11 is 2.35. The van der Waals surface area contributed by atoms with Crippen molar-refractivity contribution < 1.29 is 0 Å². The van der Waals surface area contributed by atoms with Crippen molar-refractivity contribution in [3.8, 4) is 0 Å². The highest BCUT2D eigenvalue weighted by Crippen LogP contribution is 2.32. The number of hydrazine groups is 1. The molecule has 0 aliphatic heterocycles. The summed E-state index contributed by atoms with van der Waals surface area (Å²) in [6.07, 6.45) is 6.73. The third kappa shape index (κ3) is 3.18. The van der Waals surface area contributed by atoms with Gasteiger partial charge in [-0.15, -0.1) is 0 Å². The zero-order valence-corrected chi connectivity index (χ0v) is 11.6. The molecule has 3 N–H and O–H groups in total. The Morgan fingerprint density at radius 3 is 2.75 bits per heavy atom. The molecule has 0 amide bonds. The maximum atomic E-state index is 5.68. The van der Waals surface area contributed by atoms with E-state index in [0.717, 1.165) is 5.92 Å². The molecule has 3 heteroatoms. The van der Waals surface area contributed by atoms with Crippen molar-refractivity contribution in [3.05, 3.63) is 33.4 Å². The fourth-order valence-corrected chi connectivity index (χ4v) is 3.17. The average Bonchev–Trinajstić information content (AvgIpc) is 2.78. The Morgan fingerprint density at radius 2 is 2.12 bits per heavy atom. The lowest BCUT2D eigenvalue weighted by Gasteiger charge is -2.20. The molecule has 2 rings (SSSR count). The van der Waals surface area contributed by atoms with Crippen LogP contribution in [0.5, 0.6) is 0 Å². The Bertz CT molecular complexity index is 334. The van der Waals surface area contributed by atoms with Crippen molar-refractivity contribution in [1.29, 1.82) is 0 Å². The molecular formula is C13H19IN2. The Kier molecular flexibility index (Phi) is 4.61. The molecule has 1 fully saturated rings. The summed E-state index contributed by atoms with van der Waals surface area (Å²) in [4.78, 5) is 0. The molecule has 1 saturated carbocycles. The molecule has 88 valence electrons. The van der Waals surface area contributed by atoms with E-state index in [1.807, 2.05) is 0 Å². The van der Waals surface area contributed by atoms with Crippen molar-refractivity contribution in [2.24, 2.45) is 11.8 Å². The van der Waals surface area contributed by atoms with Gasteiger partial charge < -0.3 is 0 Å². The SMILES string of the molecule is NNC(CC1CCCC1)c1cccc(I)c1. The standard InChI is InChI=1S/C13H19IN2/c14-12-7-3-6-11(9-12)13(16-15)8-10-4-1-2-5-10/h3,6-7,9-10,13,16H,1-2,4-5,8,15H2. The quantitative estimate of drug-likeness (QED) is 0.505. The van der Waals surface area contributed by atoms with E-state index in [1.165, 1.54) is 41.2 Å². The number of benzene rings is 1. The number of nitrogens with two attached hydrogens (primary N) is 1. The number of rotatable bonds is 4. The van der Waals surface area contributed by atoms with Gasteiger partial charge in [0.1, 0.15) is 0 Å². The van der Waals surface area contributed by atoms with Gasteiger partial charge in [0.15, 0.2) is 0 Å². The van der Waals surface area contributed by atoms with Gasteiger partial charge in [0.2, 0.25) is 0 Å². The predicted octanol–water partition coefficient (Wildman–Crippen LogP) is 3.38. The Balaban J connectivity index is 2.03. The van der Waals surface area contributed by atoms with Crippen LogP contribution < -0.4 is 11.3 Å². The first-order valence-electron chi connectivity index (χ1n) is 6.01.